The molecule has 0 saturated carbocycles. The van der Waals surface area contributed by atoms with E-state index in [1.54, 1.807) is 13.8 Å². The number of carbonyl (C=O) groups is 1. The summed E-state index contributed by atoms with van der Waals surface area (Å²) in [6, 6.07) is 19.5. The normalized spacial score (nSPS) is 19.7. The highest BCUT2D eigenvalue weighted by atomic mass is 31.2. The van der Waals surface area contributed by atoms with E-state index < -0.39 is 31.9 Å². The van der Waals surface area contributed by atoms with Crippen molar-refractivity contribution in [3.8, 4) is 0 Å². The molecule has 2 aromatic carbocycles. The summed E-state index contributed by atoms with van der Waals surface area (Å²) in [7, 11) is -3.88. The van der Waals surface area contributed by atoms with Crippen LogP contribution < -0.4 is 0 Å². The molecule has 0 aliphatic carbocycles. The van der Waals surface area contributed by atoms with Gasteiger partial charge in [-0.3, -0.25) is 9.36 Å². The van der Waals surface area contributed by atoms with Crippen LogP contribution in [0, 0.1) is 0 Å². The van der Waals surface area contributed by atoms with Crippen molar-refractivity contribution in [1.29, 1.82) is 0 Å². The monoisotopic (exact) mass is 560 g/mol. The van der Waals surface area contributed by atoms with Crippen molar-refractivity contribution in [2.45, 2.75) is 78.5 Å². The molecule has 0 bridgehead atoms. The minimum absolute atomic E-state index is 0.129. The predicted octanol–water partition coefficient (Wildman–Crippen LogP) is 6.79. The Hall–Kier alpha value is -2.32. The van der Waals surface area contributed by atoms with Gasteiger partial charge in [-0.25, -0.2) is 0 Å². The third-order valence-electron chi connectivity index (χ3n) is 6.13. The van der Waals surface area contributed by atoms with Crippen LogP contribution in [-0.4, -0.2) is 44.1 Å². The first kappa shape index (κ1) is 31.2. The molecule has 0 radical (unpaired) electrons. The molecule has 0 unspecified atom stereocenters. The van der Waals surface area contributed by atoms with Gasteiger partial charge in [-0.05, 0) is 31.4 Å². The molecule has 9 heteroatoms. The van der Waals surface area contributed by atoms with Crippen LogP contribution in [0.2, 0.25) is 0 Å². The zero-order chi connectivity index (χ0) is 28.1. The molecular weight excluding hydrogens is 519 g/mol. The van der Waals surface area contributed by atoms with Gasteiger partial charge in [-0.2, -0.15) is 0 Å². The molecular formula is C30H41O8P. The lowest BCUT2D eigenvalue weighted by Gasteiger charge is -2.40. The van der Waals surface area contributed by atoms with Crippen LogP contribution >= 0.6 is 7.60 Å². The second kappa shape index (κ2) is 16.1. The van der Waals surface area contributed by atoms with E-state index in [2.05, 4.69) is 6.92 Å². The van der Waals surface area contributed by atoms with Gasteiger partial charge in [0, 0.05) is 6.92 Å². The van der Waals surface area contributed by atoms with Gasteiger partial charge in [0.1, 0.15) is 17.5 Å². The van der Waals surface area contributed by atoms with Crippen LogP contribution in [0.15, 0.2) is 71.7 Å². The van der Waals surface area contributed by atoms with Gasteiger partial charge >= 0.3 is 13.6 Å². The Morgan fingerprint density at radius 2 is 1.49 bits per heavy atom. The van der Waals surface area contributed by atoms with Crippen molar-refractivity contribution in [3.63, 3.8) is 0 Å². The Labute approximate surface area is 232 Å². The summed E-state index contributed by atoms with van der Waals surface area (Å²) in [6.45, 7) is 7.91. The van der Waals surface area contributed by atoms with Crippen molar-refractivity contribution in [2.75, 3.05) is 19.8 Å². The Kier molecular flexibility index (Phi) is 12.9. The average Bonchev–Trinajstić information content (AvgIpc) is 2.92. The van der Waals surface area contributed by atoms with Crippen LogP contribution in [0.5, 0.6) is 0 Å². The topological polar surface area (TPSA) is 89.5 Å². The third-order valence-corrected chi connectivity index (χ3v) is 8.42. The second-order valence-corrected chi connectivity index (χ2v) is 11.2. The molecule has 214 valence electrons. The standard InChI is InChI=1S/C30H41O8P/c1-5-8-19-26-30(39(32,35-6-2)36-7-3)29(37-23(4)31)28(34-21-25-17-13-10-14-18-25)27(38-26)22-33-20-24-15-11-9-12-16-24/h9-18,26-28H,5-8,19-22H2,1-4H3/t26-,27+,28+/m0/s1. The number of rotatable bonds is 16. The SMILES string of the molecule is CCCC[C@@H]1O[C@H](COCc2ccccc2)[C@@H](OCc2ccccc2)C(OC(C)=O)=C1P(=O)(OCC)OCC. The van der Waals surface area contributed by atoms with E-state index in [1.165, 1.54) is 6.92 Å². The summed E-state index contributed by atoms with van der Waals surface area (Å²) >= 11 is 0. The molecule has 2 aromatic rings. The molecule has 8 nitrogen and oxygen atoms in total. The van der Waals surface area contributed by atoms with E-state index in [0.29, 0.717) is 13.0 Å². The maximum absolute atomic E-state index is 14.2. The fourth-order valence-corrected chi connectivity index (χ4v) is 6.46. The quantitative estimate of drug-likeness (QED) is 0.164. The predicted molar refractivity (Wildman–Crippen MR) is 149 cm³/mol. The Bertz CT molecular complexity index is 1080. The number of unbranched alkanes of at least 4 members (excludes halogenated alkanes) is 1. The van der Waals surface area contributed by atoms with Crippen molar-refractivity contribution in [3.05, 3.63) is 82.9 Å². The van der Waals surface area contributed by atoms with Gasteiger partial charge in [-0.15, -0.1) is 0 Å². The van der Waals surface area contributed by atoms with E-state index in [1.807, 2.05) is 60.7 Å². The Balaban J connectivity index is 2.04. The number of benzene rings is 2. The molecule has 0 saturated heterocycles. The minimum atomic E-state index is -3.88. The Morgan fingerprint density at radius 1 is 0.897 bits per heavy atom. The molecule has 0 fully saturated rings. The van der Waals surface area contributed by atoms with E-state index in [-0.39, 0.29) is 37.5 Å². The molecule has 0 amide bonds. The second-order valence-electron chi connectivity index (χ2n) is 9.20. The lowest BCUT2D eigenvalue weighted by molar-refractivity contribution is -0.157. The maximum Gasteiger partial charge on any atom is 0.363 e. The lowest BCUT2D eigenvalue weighted by Crippen LogP contribution is -2.46. The van der Waals surface area contributed by atoms with Crippen LogP contribution in [0.3, 0.4) is 0 Å². The number of ether oxygens (including phenoxy) is 4. The van der Waals surface area contributed by atoms with Crippen LogP contribution in [0.1, 0.15) is 58.1 Å². The molecule has 0 spiro atoms. The fraction of sp³-hybridized carbons (Fsp3) is 0.500. The lowest BCUT2D eigenvalue weighted by atomic mass is 10.0. The minimum Gasteiger partial charge on any atom is -0.428 e. The summed E-state index contributed by atoms with van der Waals surface area (Å²) in [4.78, 5) is 12.4. The van der Waals surface area contributed by atoms with Crippen LogP contribution in [0.4, 0.5) is 0 Å². The summed E-state index contributed by atoms with van der Waals surface area (Å²) < 4.78 is 50.4. The van der Waals surface area contributed by atoms with Crippen molar-refractivity contribution in [1.82, 2.24) is 0 Å². The number of hydrogen-bond donors (Lipinski definition) is 0. The Morgan fingerprint density at radius 3 is 2.03 bits per heavy atom. The van der Waals surface area contributed by atoms with Crippen molar-refractivity contribution >= 4 is 13.6 Å². The molecule has 0 N–H and O–H groups in total. The first-order valence-corrected chi connectivity index (χ1v) is 15.2. The van der Waals surface area contributed by atoms with Crippen LogP contribution in [-0.2, 0) is 50.6 Å². The third kappa shape index (κ3) is 9.10. The summed E-state index contributed by atoms with van der Waals surface area (Å²) in [5.74, 6) is -0.431. The maximum atomic E-state index is 14.2. The smallest absolute Gasteiger partial charge is 0.363 e. The number of carbonyl (C=O) groups excluding carboxylic acids is 1. The molecule has 3 rings (SSSR count). The van der Waals surface area contributed by atoms with Gasteiger partial charge in [0.05, 0.1) is 39.1 Å². The first-order chi connectivity index (χ1) is 18.9. The molecule has 1 aliphatic heterocycles. The number of hydrogen-bond acceptors (Lipinski definition) is 8. The average molecular weight is 561 g/mol. The highest BCUT2D eigenvalue weighted by Gasteiger charge is 2.49. The van der Waals surface area contributed by atoms with Crippen LogP contribution in [0.25, 0.3) is 0 Å². The highest BCUT2D eigenvalue weighted by molar-refractivity contribution is 7.58. The van der Waals surface area contributed by atoms with E-state index in [0.717, 1.165) is 24.0 Å². The fourth-order valence-electron chi connectivity index (χ4n) is 4.44. The van der Waals surface area contributed by atoms with Gasteiger partial charge in [0.15, 0.2) is 5.76 Å². The molecule has 3 atom stereocenters. The molecule has 1 heterocycles. The van der Waals surface area contributed by atoms with E-state index in [9.17, 15) is 9.36 Å². The van der Waals surface area contributed by atoms with E-state index >= 15 is 0 Å². The molecule has 1 aliphatic rings. The van der Waals surface area contributed by atoms with Crippen molar-refractivity contribution < 1.29 is 37.4 Å². The summed E-state index contributed by atoms with van der Waals surface area (Å²) in [6.07, 6.45) is 0.0622. The van der Waals surface area contributed by atoms with Crippen molar-refractivity contribution in [2.24, 2.45) is 0 Å². The molecule has 39 heavy (non-hydrogen) atoms. The van der Waals surface area contributed by atoms with Gasteiger partial charge in [0.2, 0.25) is 0 Å². The van der Waals surface area contributed by atoms with Gasteiger partial charge in [-0.1, -0.05) is 80.4 Å². The van der Waals surface area contributed by atoms with Gasteiger partial charge < -0.3 is 28.0 Å². The highest BCUT2D eigenvalue weighted by Crippen LogP contribution is 2.61. The zero-order valence-corrected chi connectivity index (χ0v) is 24.3. The first-order valence-electron chi connectivity index (χ1n) is 13.7. The summed E-state index contributed by atoms with van der Waals surface area (Å²) in [5.41, 5.74) is 1.95. The summed E-state index contributed by atoms with van der Waals surface area (Å²) in [5, 5.41) is 0.215. The number of esters is 1. The van der Waals surface area contributed by atoms with Gasteiger partial charge in [0.25, 0.3) is 0 Å². The molecule has 0 aromatic heterocycles. The largest absolute Gasteiger partial charge is 0.428 e. The van der Waals surface area contributed by atoms with E-state index in [4.69, 9.17) is 28.0 Å². The zero-order valence-electron chi connectivity index (χ0n) is 23.4.